The van der Waals surface area contributed by atoms with Crippen molar-refractivity contribution in [2.75, 3.05) is 39.5 Å². The Morgan fingerprint density at radius 3 is 2.60 bits per heavy atom. The van der Waals surface area contributed by atoms with E-state index >= 15 is 0 Å². The number of urea groups is 1. The van der Waals surface area contributed by atoms with Crippen LogP contribution in [0, 0.1) is 0 Å². The zero-order chi connectivity index (χ0) is 10.7. The van der Waals surface area contributed by atoms with Gasteiger partial charge in [-0.3, -0.25) is 0 Å². The van der Waals surface area contributed by atoms with Crippen LogP contribution in [0.5, 0.6) is 0 Å². The number of hydrogen-bond donors (Lipinski definition) is 1. The molecule has 0 aromatic rings. The highest BCUT2D eigenvalue weighted by Crippen LogP contribution is 2.27. The number of morpholine rings is 1. The van der Waals surface area contributed by atoms with Crippen molar-refractivity contribution in [3.05, 3.63) is 0 Å². The third kappa shape index (κ3) is 2.60. The first-order valence-corrected chi connectivity index (χ1v) is 5.57. The fraction of sp³-hybridized carbons (Fsp3) is 0.900. The second kappa shape index (κ2) is 4.81. The molecule has 1 saturated heterocycles. The number of carbonyl (C=O) groups is 1. The predicted molar refractivity (Wildman–Crippen MR) is 54.6 cm³/mol. The van der Waals surface area contributed by atoms with E-state index in [1.165, 1.54) is 0 Å². The van der Waals surface area contributed by atoms with Crippen molar-refractivity contribution >= 4 is 6.03 Å². The molecule has 0 spiro atoms. The minimum atomic E-state index is 0.0482. The molecule has 2 amide bonds. The molecule has 1 N–H and O–H groups in total. The number of rotatable bonds is 3. The highest BCUT2D eigenvalue weighted by Gasteiger charge is 2.34. The molecular weight excluding hydrogens is 196 g/mol. The molecule has 5 heteroatoms. The molecule has 0 unspecified atom stereocenters. The standard InChI is InChI=1S/C10H18N2O3/c13-6-3-12(9-1-2-9)10(14)11-4-7-15-8-5-11/h9,13H,1-8H2. The van der Waals surface area contributed by atoms with E-state index in [0.29, 0.717) is 38.9 Å². The summed E-state index contributed by atoms with van der Waals surface area (Å²) in [4.78, 5) is 15.7. The Morgan fingerprint density at radius 1 is 1.40 bits per heavy atom. The van der Waals surface area contributed by atoms with E-state index in [-0.39, 0.29) is 12.6 Å². The number of aliphatic hydroxyl groups excluding tert-OH is 1. The van der Waals surface area contributed by atoms with Crippen molar-refractivity contribution in [2.45, 2.75) is 18.9 Å². The van der Waals surface area contributed by atoms with E-state index < -0.39 is 0 Å². The summed E-state index contributed by atoms with van der Waals surface area (Å²) in [6.07, 6.45) is 2.16. The molecular formula is C10H18N2O3. The monoisotopic (exact) mass is 214 g/mol. The largest absolute Gasteiger partial charge is 0.395 e. The maximum absolute atomic E-state index is 12.1. The fourth-order valence-corrected chi connectivity index (χ4v) is 1.86. The van der Waals surface area contributed by atoms with Gasteiger partial charge in [0.2, 0.25) is 0 Å². The minimum Gasteiger partial charge on any atom is -0.395 e. The van der Waals surface area contributed by atoms with Crippen LogP contribution in [-0.4, -0.2) is 66.4 Å². The molecule has 15 heavy (non-hydrogen) atoms. The topological polar surface area (TPSA) is 53.0 Å². The molecule has 1 aliphatic heterocycles. The number of hydrogen-bond acceptors (Lipinski definition) is 3. The van der Waals surface area contributed by atoms with Gasteiger partial charge in [0.05, 0.1) is 19.8 Å². The maximum Gasteiger partial charge on any atom is 0.320 e. The third-order valence-corrected chi connectivity index (χ3v) is 2.86. The van der Waals surface area contributed by atoms with Crippen LogP contribution in [0.3, 0.4) is 0 Å². The molecule has 2 rings (SSSR count). The van der Waals surface area contributed by atoms with E-state index in [1.54, 1.807) is 4.90 Å². The maximum atomic E-state index is 12.1. The molecule has 1 saturated carbocycles. The Balaban J connectivity index is 1.90. The second-order valence-electron chi connectivity index (χ2n) is 4.03. The average Bonchev–Trinajstić information content (AvgIpc) is 3.10. The summed E-state index contributed by atoms with van der Waals surface area (Å²) in [6.45, 7) is 3.11. The van der Waals surface area contributed by atoms with Gasteiger partial charge in [-0.05, 0) is 12.8 Å². The Labute approximate surface area is 89.6 Å². The van der Waals surface area contributed by atoms with E-state index in [2.05, 4.69) is 0 Å². The Morgan fingerprint density at radius 2 is 2.07 bits per heavy atom. The van der Waals surface area contributed by atoms with Crippen LogP contribution in [0.1, 0.15) is 12.8 Å². The molecule has 0 radical (unpaired) electrons. The minimum absolute atomic E-state index is 0.0482. The van der Waals surface area contributed by atoms with E-state index in [1.807, 2.05) is 4.90 Å². The Bertz CT molecular complexity index is 225. The summed E-state index contributed by atoms with van der Waals surface area (Å²) in [7, 11) is 0. The van der Waals surface area contributed by atoms with E-state index in [9.17, 15) is 4.79 Å². The molecule has 0 aromatic heterocycles. The second-order valence-corrected chi connectivity index (χ2v) is 4.03. The van der Waals surface area contributed by atoms with Gasteiger partial charge in [-0.25, -0.2) is 4.79 Å². The fourth-order valence-electron chi connectivity index (χ4n) is 1.86. The van der Waals surface area contributed by atoms with E-state index in [0.717, 1.165) is 12.8 Å². The average molecular weight is 214 g/mol. The van der Waals surface area contributed by atoms with Gasteiger partial charge in [-0.1, -0.05) is 0 Å². The highest BCUT2D eigenvalue weighted by atomic mass is 16.5. The van der Waals surface area contributed by atoms with Gasteiger partial charge in [0, 0.05) is 25.7 Å². The van der Waals surface area contributed by atoms with Crippen molar-refractivity contribution < 1.29 is 14.6 Å². The normalized spacial score (nSPS) is 21.5. The summed E-state index contributed by atoms with van der Waals surface area (Å²) in [5, 5.41) is 8.92. The lowest BCUT2D eigenvalue weighted by Crippen LogP contribution is -2.49. The predicted octanol–water partition coefficient (Wildman–Crippen LogP) is -0.105. The van der Waals surface area contributed by atoms with Gasteiger partial charge in [0.25, 0.3) is 0 Å². The summed E-state index contributed by atoms with van der Waals surface area (Å²) in [6, 6.07) is 0.433. The zero-order valence-electron chi connectivity index (χ0n) is 8.89. The summed E-state index contributed by atoms with van der Waals surface area (Å²) in [5.74, 6) is 0. The van der Waals surface area contributed by atoms with Crippen LogP contribution in [0.2, 0.25) is 0 Å². The third-order valence-electron chi connectivity index (χ3n) is 2.86. The van der Waals surface area contributed by atoms with Crippen molar-refractivity contribution in [1.29, 1.82) is 0 Å². The summed E-state index contributed by atoms with van der Waals surface area (Å²) >= 11 is 0. The molecule has 86 valence electrons. The number of nitrogens with zero attached hydrogens (tertiary/aromatic N) is 2. The molecule has 0 atom stereocenters. The van der Waals surface area contributed by atoms with Crippen LogP contribution in [0.25, 0.3) is 0 Å². The Hall–Kier alpha value is -0.810. The molecule has 1 aliphatic carbocycles. The number of ether oxygens (including phenoxy) is 1. The highest BCUT2D eigenvalue weighted by molar-refractivity contribution is 5.75. The van der Waals surface area contributed by atoms with Crippen LogP contribution in [-0.2, 0) is 4.74 Å². The lowest BCUT2D eigenvalue weighted by Gasteiger charge is -2.32. The van der Waals surface area contributed by atoms with Crippen molar-refractivity contribution in [3.8, 4) is 0 Å². The molecule has 2 aliphatic rings. The molecule has 2 fully saturated rings. The molecule has 1 heterocycles. The quantitative estimate of drug-likeness (QED) is 0.713. The van der Waals surface area contributed by atoms with Gasteiger partial charge in [-0.15, -0.1) is 0 Å². The first-order valence-electron chi connectivity index (χ1n) is 5.57. The molecule has 5 nitrogen and oxygen atoms in total. The van der Waals surface area contributed by atoms with Crippen LogP contribution in [0.4, 0.5) is 4.79 Å². The first-order chi connectivity index (χ1) is 7.33. The molecule has 0 aromatic carbocycles. The van der Waals surface area contributed by atoms with Gasteiger partial charge >= 0.3 is 6.03 Å². The van der Waals surface area contributed by atoms with Crippen molar-refractivity contribution in [1.82, 2.24) is 9.80 Å². The van der Waals surface area contributed by atoms with Crippen LogP contribution >= 0.6 is 0 Å². The zero-order valence-corrected chi connectivity index (χ0v) is 8.89. The Kier molecular flexibility index (Phi) is 3.43. The SMILES string of the molecule is O=C(N1CCOCC1)N(CCO)C1CC1. The summed E-state index contributed by atoms with van der Waals surface area (Å²) in [5.41, 5.74) is 0. The van der Waals surface area contributed by atoms with Gasteiger partial charge < -0.3 is 19.6 Å². The van der Waals surface area contributed by atoms with E-state index in [4.69, 9.17) is 9.84 Å². The number of amides is 2. The van der Waals surface area contributed by atoms with Crippen molar-refractivity contribution in [3.63, 3.8) is 0 Å². The van der Waals surface area contributed by atoms with Crippen LogP contribution in [0.15, 0.2) is 0 Å². The smallest absolute Gasteiger partial charge is 0.320 e. The van der Waals surface area contributed by atoms with Gasteiger partial charge in [-0.2, -0.15) is 0 Å². The summed E-state index contributed by atoms with van der Waals surface area (Å²) < 4.78 is 5.20. The van der Waals surface area contributed by atoms with Crippen LogP contribution < -0.4 is 0 Å². The van der Waals surface area contributed by atoms with Crippen molar-refractivity contribution in [2.24, 2.45) is 0 Å². The lowest BCUT2D eigenvalue weighted by molar-refractivity contribution is 0.0410. The van der Waals surface area contributed by atoms with Gasteiger partial charge in [0.15, 0.2) is 0 Å². The molecule has 0 bridgehead atoms. The number of aliphatic hydroxyl groups is 1. The number of carbonyl (C=O) groups excluding carboxylic acids is 1. The van der Waals surface area contributed by atoms with Gasteiger partial charge in [0.1, 0.15) is 0 Å². The first kappa shape index (κ1) is 10.7. The lowest BCUT2D eigenvalue weighted by atomic mass is 10.4.